The van der Waals surface area contributed by atoms with Crippen LogP contribution in [0.5, 0.6) is 0 Å². The Hall–Kier alpha value is -2.12. The molecule has 1 saturated heterocycles. The Bertz CT molecular complexity index is 917. The molecule has 2 aromatic rings. The second kappa shape index (κ2) is 8.32. The van der Waals surface area contributed by atoms with Crippen molar-refractivity contribution in [2.45, 2.75) is 45.1 Å². The van der Waals surface area contributed by atoms with Crippen LogP contribution in [0.2, 0.25) is 0 Å². The molecule has 2 aromatic heterocycles. The molecule has 0 radical (unpaired) electrons. The second-order valence-electron chi connectivity index (χ2n) is 8.42. The number of likely N-dealkylation sites (tertiary alicyclic amines) is 1. The zero-order valence-corrected chi connectivity index (χ0v) is 18.2. The normalized spacial score (nSPS) is 23.6. The van der Waals surface area contributed by atoms with Gasteiger partial charge in [-0.1, -0.05) is 6.92 Å². The number of aromatic nitrogens is 1. The van der Waals surface area contributed by atoms with E-state index in [1.165, 1.54) is 22.6 Å². The number of anilines is 1. The van der Waals surface area contributed by atoms with Crippen LogP contribution in [0.3, 0.4) is 0 Å². The number of fused-ring (bicyclic) bond motifs is 1. The summed E-state index contributed by atoms with van der Waals surface area (Å²) in [6, 6.07) is 4.56. The molecule has 3 heterocycles. The first-order chi connectivity index (χ1) is 14.0. The molecule has 29 heavy (non-hydrogen) atoms. The van der Waals surface area contributed by atoms with Gasteiger partial charge in [0.15, 0.2) is 6.54 Å². The average Bonchev–Trinajstić information content (AvgIpc) is 3.39. The lowest BCUT2D eigenvalue weighted by Crippen LogP contribution is -3.11. The van der Waals surface area contributed by atoms with Crippen molar-refractivity contribution in [2.24, 2.45) is 13.0 Å². The Kier molecular flexibility index (Phi) is 5.79. The Morgan fingerprint density at radius 3 is 2.93 bits per heavy atom. The maximum Gasteiger partial charge on any atom is 0.341 e. The van der Waals surface area contributed by atoms with Gasteiger partial charge in [-0.3, -0.25) is 4.79 Å². The highest BCUT2D eigenvalue weighted by Gasteiger charge is 2.34. The number of esters is 1. The maximum atomic E-state index is 12.9. The minimum Gasteiger partial charge on any atom is -0.465 e. The van der Waals surface area contributed by atoms with E-state index in [-0.39, 0.29) is 11.9 Å². The number of rotatable bonds is 5. The van der Waals surface area contributed by atoms with Crippen molar-refractivity contribution >= 4 is 28.2 Å². The van der Waals surface area contributed by atoms with Crippen LogP contribution >= 0.6 is 11.3 Å². The summed E-state index contributed by atoms with van der Waals surface area (Å²) in [6.45, 7) is 3.64. The number of thiophene rings is 1. The largest absolute Gasteiger partial charge is 0.465 e. The van der Waals surface area contributed by atoms with E-state index in [4.69, 9.17) is 4.74 Å². The van der Waals surface area contributed by atoms with Gasteiger partial charge in [-0.05, 0) is 42.9 Å². The molecule has 0 bridgehead atoms. The molecule has 1 fully saturated rings. The van der Waals surface area contributed by atoms with Gasteiger partial charge in [-0.15, -0.1) is 11.3 Å². The van der Waals surface area contributed by atoms with Crippen molar-refractivity contribution in [3.8, 4) is 0 Å². The predicted octanol–water partition coefficient (Wildman–Crippen LogP) is 2.36. The highest BCUT2D eigenvalue weighted by atomic mass is 32.1. The minimum atomic E-state index is -0.345. The van der Waals surface area contributed by atoms with Gasteiger partial charge in [0.05, 0.1) is 24.9 Å². The van der Waals surface area contributed by atoms with Crippen LogP contribution in [0.25, 0.3) is 0 Å². The SMILES string of the molecule is COC(=O)c1c(NC(=O)C[NH+]2CCC[C@@H]2c2cccn2C)sc2c1CC[C@H](C)C2. The van der Waals surface area contributed by atoms with Gasteiger partial charge in [-0.25, -0.2) is 4.79 Å². The van der Waals surface area contributed by atoms with E-state index in [0.717, 1.165) is 44.2 Å². The predicted molar refractivity (Wildman–Crippen MR) is 114 cm³/mol. The number of aryl methyl sites for hydroxylation is 1. The first kappa shape index (κ1) is 20.2. The van der Waals surface area contributed by atoms with Gasteiger partial charge in [-0.2, -0.15) is 0 Å². The standard InChI is InChI=1S/C22H29N3O3S/c1-14-8-9-15-18(12-14)29-21(20(15)22(27)28-3)23-19(26)13-25-11-5-7-17(25)16-6-4-10-24(16)2/h4,6,10,14,17H,5,7-9,11-13H2,1-3H3,(H,23,26)/p+1/t14-,17+/m0/s1. The number of hydrogen-bond acceptors (Lipinski definition) is 4. The number of carbonyl (C=O) groups excluding carboxylic acids is 2. The summed E-state index contributed by atoms with van der Waals surface area (Å²) in [6.07, 6.45) is 7.19. The van der Waals surface area contributed by atoms with Crippen LogP contribution in [-0.4, -0.2) is 36.6 Å². The molecule has 1 aliphatic carbocycles. The number of nitrogens with one attached hydrogen (secondary N) is 2. The summed E-state index contributed by atoms with van der Waals surface area (Å²) in [5, 5.41) is 3.72. The van der Waals surface area contributed by atoms with Crippen molar-refractivity contribution in [3.63, 3.8) is 0 Å². The molecule has 2 aliphatic rings. The molecule has 1 unspecified atom stereocenters. The van der Waals surface area contributed by atoms with Gasteiger partial charge in [0.25, 0.3) is 5.91 Å². The van der Waals surface area contributed by atoms with Crippen molar-refractivity contribution in [3.05, 3.63) is 40.0 Å². The molecular formula is C22H30N3O3S+. The first-order valence-corrected chi connectivity index (χ1v) is 11.3. The van der Waals surface area contributed by atoms with E-state index in [2.05, 4.69) is 42.2 Å². The lowest BCUT2D eigenvalue weighted by Gasteiger charge is -2.21. The van der Waals surface area contributed by atoms with E-state index in [9.17, 15) is 9.59 Å². The maximum absolute atomic E-state index is 12.9. The third kappa shape index (κ3) is 3.98. The van der Waals surface area contributed by atoms with E-state index in [1.807, 2.05) is 0 Å². The van der Waals surface area contributed by atoms with Crippen molar-refractivity contribution in [2.75, 3.05) is 25.5 Å². The molecule has 156 valence electrons. The Morgan fingerprint density at radius 2 is 2.21 bits per heavy atom. The fourth-order valence-electron chi connectivity index (χ4n) is 4.85. The lowest BCUT2D eigenvalue weighted by atomic mass is 9.88. The molecule has 0 aromatic carbocycles. The van der Waals surface area contributed by atoms with Crippen LogP contribution < -0.4 is 10.2 Å². The van der Waals surface area contributed by atoms with Crippen LogP contribution in [-0.2, 0) is 29.4 Å². The number of hydrogen-bond donors (Lipinski definition) is 2. The van der Waals surface area contributed by atoms with E-state index in [0.29, 0.717) is 29.1 Å². The van der Waals surface area contributed by atoms with Gasteiger partial charge >= 0.3 is 5.97 Å². The van der Waals surface area contributed by atoms with E-state index < -0.39 is 0 Å². The smallest absolute Gasteiger partial charge is 0.341 e. The van der Waals surface area contributed by atoms with Crippen molar-refractivity contribution in [1.29, 1.82) is 0 Å². The van der Waals surface area contributed by atoms with Gasteiger partial charge in [0.1, 0.15) is 11.0 Å². The summed E-state index contributed by atoms with van der Waals surface area (Å²) in [5.74, 6) is 0.232. The zero-order chi connectivity index (χ0) is 20.5. The van der Waals surface area contributed by atoms with Crippen molar-refractivity contribution < 1.29 is 19.2 Å². The Morgan fingerprint density at radius 1 is 1.38 bits per heavy atom. The van der Waals surface area contributed by atoms with E-state index in [1.54, 1.807) is 11.3 Å². The van der Waals surface area contributed by atoms with Gasteiger partial charge < -0.3 is 19.5 Å². The highest BCUT2D eigenvalue weighted by Crippen LogP contribution is 2.40. The topological polar surface area (TPSA) is 64.8 Å². The fraction of sp³-hybridized carbons (Fsp3) is 0.545. The van der Waals surface area contributed by atoms with Gasteiger partial charge in [0.2, 0.25) is 0 Å². The Balaban J connectivity index is 1.51. The number of methoxy groups -OCH3 is 1. The van der Waals surface area contributed by atoms with Crippen LogP contribution in [0.4, 0.5) is 5.00 Å². The molecule has 7 heteroatoms. The zero-order valence-electron chi connectivity index (χ0n) is 17.4. The van der Waals surface area contributed by atoms with E-state index >= 15 is 0 Å². The monoisotopic (exact) mass is 416 g/mol. The number of quaternary nitrogens is 1. The third-order valence-electron chi connectivity index (χ3n) is 6.37. The number of amides is 1. The summed E-state index contributed by atoms with van der Waals surface area (Å²) in [7, 11) is 3.47. The van der Waals surface area contributed by atoms with Crippen molar-refractivity contribution in [1.82, 2.24) is 4.57 Å². The van der Waals surface area contributed by atoms with Crippen LogP contribution in [0, 0.1) is 5.92 Å². The summed E-state index contributed by atoms with van der Waals surface area (Å²) >= 11 is 1.55. The number of nitrogens with zero attached hydrogens (tertiary/aromatic N) is 1. The highest BCUT2D eigenvalue weighted by molar-refractivity contribution is 7.17. The molecule has 1 aliphatic heterocycles. The molecule has 1 amide bonds. The molecule has 2 N–H and O–H groups in total. The van der Waals surface area contributed by atoms with Crippen LogP contribution in [0.1, 0.15) is 58.7 Å². The molecular weight excluding hydrogens is 386 g/mol. The third-order valence-corrected chi connectivity index (χ3v) is 7.54. The Labute approximate surface area is 175 Å². The summed E-state index contributed by atoms with van der Waals surface area (Å²) in [5.41, 5.74) is 2.93. The first-order valence-electron chi connectivity index (χ1n) is 10.5. The fourth-order valence-corrected chi connectivity index (χ4v) is 6.27. The summed E-state index contributed by atoms with van der Waals surface area (Å²) < 4.78 is 7.18. The number of ether oxygens (including phenoxy) is 1. The average molecular weight is 417 g/mol. The molecule has 0 saturated carbocycles. The van der Waals surface area contributed by atoms with Gasteiger partial charge in [0, 0.05) is 31.0 Å². The van der Waals surface area contributed by atoms with Crippen LogP contribution in [0.15, 0.2) is 18.3 Å². The quantitative estimate of drug-likeness (QED) is 0.736. The number of carbonyl (C=O) groups is 2. The summed E-state index contributed by atoms with van der Waals surface area (Å²) in [4.78, 5) is 27.9. The molecule has 4 rings (SSSR count). The lowest BCUT2D eigenvalue weighted by molar-refractivity contribution is -0.910. The second-order valence-corrected chi connectivity index (χ2v) is 9.52. The molecule has 6 nitrogen and oxygen atoms in total. The molecule has 3 atom stereocenters. The minimum absolute atomic E-state index is 0.0297. The molecule has 0 spiro atoms.